The van der Waals surface area contributed by atoms with Crippen LogP contribution in [-0.4, -0.2) is 48.6 Å². The van der Waals surface area contributed by atoms with E-state index in [2.05, 4.69) is 15.5 Å². The third-order valence-corrected chi connectivity index (χ3v) is 3.25. The van der Waals surface area contributed by atoms with E-state index in [1.165, 1.54) is 6.07 Å². The van der Waals surface area contributed by atoms with E-state index in [0.717, 1.165) is 26.2 Å². The van der Waals surface area contributed by atoms with Gasteiger partial charge in [-0.3, -0.25) is 19.8 Å². The van der Waals surface area contributed by atoms with Crippen LogP contribution < -0.4 is 10.6 Å². The highest BCUT2D eigenvalue weighted by Gasteiger charge is 2.16. The summed E-state index contributed by atoms with van der Waals surface area (Å²) in [4.78, 5) is 24.4. The molecule has 0 bridgehead atoms. The normalized spacial score (nSPS) is 15.8. The van der Waals surface area contributed by atoms with E-state index < -0.39 is 4.92 Å². The molecule has 0 saturated carbocycles. The van der Waals surface area contributed by atoms with E-state index in [9.17, 15) is 14.9 Å². The third-order valence-electron chi connectivity index (χ3n) is 3.25. The Hall–Kier alpha value is -1.99. The van der Waals surface area contributed by atoms with Crippen LogP contribution in [0.2, 0.25) is 0 Å². The SMILES string of the molecule is O=C(Cc1ccccc1[N+](=O)[O-])NCN1CCNCC1. The number of rotatable bonds is 5. The summed E-state index contributed by atoms with van der Waals surface area (Å²) < 4.78 is 0. The van der Waals surface area contributed by atoms with Crippen LogP contribution in [0.1, 0.15) is 5.56 Å². The van der Waals surface area contributed by atoms with Crippen LogP contribution >= 0.6 is 0 Å². The monoisotopic (exact) mass is 278 g/mol. The molecule has 0 atom stereocenters. The molecular weight excluding hydrogens is 260 g/mol. The maximum absolute atomic E-state index is 11.9. The van der Waals surface area contributed by atoms with Gasteiger partial charge in [0, 0.05) is 37.8 Å². The Kier molecular flexibility index (Phi) is 5.03. The maximum Gasteiger partial charge on any atom is 0.273 e. The smallest absolute Gasteiger partial charge is 0.273 e. The number of benzene rings is 1. The van der Waals surface area contributed by atoms with Crippen molar-refractivity contribution >= 4 is 11.6 Å². The van der Waals surface area contributed by atoms with Crippen LogP contribution in [0, 0.1) is 10.1 Å². The Bertz CT molecular complexity index is 486. The Morgan fingerprint density at radius 1 is 1.35 bits per heavy atom. The number of hydrogen-bond donors (Lipinski definition) is 2. The van der Waals surface area contributed by atoms with Gasteiger partial charge in [-0.05, 0) is 0 Å². The summed E-state index contributed by atoms with van der Waals surface area (Å²) in [6, 6.07) is 6.33. The summed E-state index contributed by atoms with van der Waals surface area (Å²) in [6.45, 7) is 4.11. The van der Waals surface area contributed by atoms with Crippen molar-refractivity contribution in [2.75, 3.05) is 32.8 Å². The van der Waals surface area contributed by atoms with Gasteiger partial charge in [-0.25, -0.2) is 0 Å². The minimum absolute atomic E-state index is 0.00942. The second-order valence-corrected chi connectivity index (χ2v) is 4.69. The van der Waals surface area contributed by atoms with Crippen molar-refractivity contribution in [1.29, 1.82) is 0 Å². The van der Waals surface area contributed by atoms with E-state index >= 15 is 0 Å². The summed E-state index contributed by atoms with van der Waals surface area (Å²) in [5.41, 5.74) is 0.431. The third kappa shape index (κ3) is 4.01. The zero-order chi connectivity index (χ0) is 14.4. The first kappa shape index (κ1) is 14.4. The average molecular weight is 278 g/mol. The van der Waals surface area contributed by atoms with Gasteiger partial charge in [0.25, 0.3) is 5.69 Å². The molecule has 0 aliphatic carbocycles. The van der Waals surface area contributed by atoms with Gasteiger partial charge in [-0.2, -0.15) is 0 Å². The van der Waals surface area contributed by atoms with Crippen LogP contribution in [0.3, 0.4) is 0 Å². The molecule has 1 aliphatic heterocycles. The van der Waals surface area contributed by atoms with Crippen molar-refractivity contribution < 1.29 is 9.72 Å². The first-order valence-corrected chi connectivity index (χ1v) is 6.59. The molecule has 1 heterocycles. The number of nitrogens with zero attached hydrogens (tertiary/aromatic N) is 2. The molecule has 1 saturated heterocycles. The molecule has 2 rings (SSSR count). The molecule has 1 fully saturated rings. The number of nitrogens with one attached hydrogen (secondary N) is 2. The Labute approximate surface area is 117 Å². The van der Waals surface area contributed by atoms with Crippen LogP contribution in [0.25, 0.3) is 0 Å². The lowest BCUT2D eigenvalue weighted by Crippen LogP contribution is -2.48. The number of carbonyl (C=O) groups is 1. The summed E-state index contributed by atoms with van der Waals surface area (Å²) in [5.74, 6) is -0.196. The van der Waals surface area contributed by atoms with Gasteiger partial charge >= 0.3 is 0 Å². The van der Waals surface area contributed by atoms with E-state index in [1.807, 2.05) is 0 Å². The number of piperazine rings is 1. The van der Waals surface area contributed by atoms with Crippen molar-refractivity contribution in [1.82, 2.24) is 15.5 Å². The Morgan fingerprint density at radius 3 is 2.75 bits per heavy atom. The Balaban J connectivity index is 1.86. The molecule has 20 heavy (non-hydrogen) atoms. The molecule has 1 aromatic carbocycles. The molecule has 0 aromatic heterocycles. The molecular formula is C13H18N4O3. The van der Waals surface area contributed by atoms with E-state index in [-0.39, 0.29) is 18.0 Å². The van der Waals surface area contributed by atoms with Crippen LogP contribution in [0.15, 0.2) is 24.3 Å². The summed E-state index contributed by atoms with van der Waals surface area (Å²) in [5, 5.41) is 16.9. The number of carbonyl (C=O) groups excluding carboxylic acids is 1. The number of hydrogen-bond acceptors (Lipinski definition) is 5. The van der Waals surface area contributed by atoms with Gasteiger partial charge in [0.2, 0.25) is 5.91 Å². The number of nitro groups is 1. The Morgan fingerprint density at radius 2 is 2.05 bits per heavy atom. The van der Waals surface area contributed by atoms with E-state index in [4.69, 9.17) is 0 Å². The molecule has 1 amide bonds. The minimum atomic E-state index is -0.459. The number of amides is 1. The van der Waals surface area contributed by atoms with Crippen molar-refractivity contribution in [3.05, 3.63) is 39.9 Å². The molecule has 7 nitrogen and oxygen atoms in total. The highest BCUT2D eigenvalue weighted by atomic mass is 16.6. The molecule has 2 N–H and O–H groups in total. The van der Waals surface area contributed by atoms with Crippen LogP contribution in [0.4, 0.5) is 5.69 Å². The topological polar surface area (TPSA) is 87.5 Å². The molecule has 0 spiro atoms. The van der Waals surface area contributed by atoms with E-state index in [0.29, 0.717) is 12.2 Å². The van der Waals surface area contributed by atoms with Gasteiger partial charge in [0.15, 0.2) is 0 Å². The second-order valence-electron chi connectivity index (χ2n) is 4.69. The highest BCUT2D eigenvalue weighted by Crippen LogP contribution is 2.17. The molecule has 108 valence electrons. The lowest BCUT2D eigenvalue weighted by molar-refractivity contribution is -0.385. The second kappa shape index (κ2) is 6.97. The van der Waals surface area contributed by atoms with E-state index in [1.54, 1.807) is 18.2 Å². The predicted octanol–water partition coefficient (Wildman–Crippen LogP) is 0.116. The zero-order valence-electron chi connectivity index (χ0n) is 11.2. The first-order chi connectivity index (χ1) is 9.66. The fourth-order valence-corrected chi connectivity index (χ4v) is 2.14. The zero-order valence-corrected chi connectivity index (χ0v) is 11.2. The van der Waals surface area contributed by atoms with Crippen molar-refractivity contribution in [2.24, 2.45) is 0 Å². The maximum atomic E-state index is 11.9. The molecule has 0 radical (unpaired) electrons. The van der Waals surface area contributed by atoms with Gasteiger partial charge in [0.1, 0.15) is 0 Å². The lowest BCUT2D eigenvalue weighted by atomic mass is 10.1. The fraction of sp³-hybridized carbons (Fsp3) is 0.462. The van der Waals surface area contributed by atoms with Crippen molar-refractivity contribution in [2.45, 2.75) is 6.42 Å². The molecule has 0 unspecified atom stereocenters. The van der Waals surface area contributed by atoms with Crippen molar-refractivity contribution in [3.63, 3.8) is 0 Å². The van der Waals surface area contributed by atoms with Crippen molar-refractivity contribution in [3.8, 4) is 0 Å². The first-order valence-electron chi connectivity index (χ1n) is 6.59. The van der Waals surface area contributed by atoms with Gasteiger partial charge < -0.3 is 10.6 Å². The minimum Gasteiger partial charge on any atom is -0.343 e. The average Bonchev–Trinajstić information content (AvgIpc) is 2.46. The van der Waals surface area contributed by atoms with Gasteiger partial charge in [0.05, 0.1) is 18.0 Å². The van der Waals surface area contributed by atoms with Crippen LogP contribution in [0.5, 0.6) is 0 Å². The summed E-state index contributed by atoms with van der Waals surface area (Å²) in [7, 11) is 0. The lowest BCUT2D eigenvalue weighted by Gasteiger charge is -2.27. The summed E-state index contributed by atoms with van der Waals surface area (Å²) >= 11 is 0. The van der Waals surface area contributed by atoms with Gasteiger partial charge in [-0.1, -0.05) is 18.2 Å². The number of para-hydroxylation sites is 1. The predicted molar refractivity (Wildman–Crippen MR) is 74.3 cm³/mol. The van der Waals surface area contributed by atoms with Crippen LogP contribution in [-0.2, 0) is 11.2 Å². The molecule has 1 aliphatic rings. The largest absolute Gasteiger partial charge is 0.343 e. The molecule has 1 aromatic rings. The quantitative estimate of drug-likeness (QED) is 0.590. The number of nitro benzene ring substituents is 1. The standard InChI is InChI=1S/C13H18N4O3/c18-13(15-10-16-7-5-14-6-8-16)9-11-3-1-2-4-12(11)17(19)20/h1-4,14H,5-10H2,(H,15,18). The highest BCUT2D eigenvalue weighted by molar-refractivity contribution is 5.79. The fourth-order valence-electron chi connectivity index (χ4n) is 2.14. The van der Waals surface area contributed by atoms with Gasteiger partial charge in [-0.15, -0.1) is 0 Å². The summed E-state index contributed by atoms with van der Waals surface area (Å²) in [6.07, 6.45) is 0.0310. The molecule has 7 heteroatoms.